The van der Waals surface area contributed by atoms with Crippen LogP contribution < -0.4 is 0 Å². The fourth-order valence-electron chi connectivity index (χ4n) is 1.99. The third kappa shape index (κ3) is 3.64. The van der Waals surface area contributed by atoms with E-state index in [4.69, 9.17) is 0 Å². The fraction of sp³-hybridized carbons (Fsp3) is 0.250. The highest BCUT2D eigenvalue weighted by Crippen LogP contribution is 2.35. The molecule has 1 aliphatic carbocycles. The molecule has 0 amide bonds. The Morgan fingerprint density at radius 2 is 2.00 bits per heavy atom. The SMILES string of the molecule is C=C/C=C(\Sc1ccccc1)C1=CCCCC1. The maximum atomic E-state index is 3.82. The van der Waals surface area contributed by atoms with Crippen molar-refractivity contribution in [2.24, 2.45) is 0 Å². The van der Waals surface area contributed by atoms with Crippen LogP contribution >= 0.6 is 11.8 Å². The summed E-state index contributed by atoms with van der Waals surface area (Å²) in [7, 11) is 0. The van der Waals surface area contributed by atoms with Crippen LogP contribution in [0.2, 0.25) is 0 Å². The molecule has 0 saturated heterocycles. The number of allylic oxidation sites excluding steroid dienone is 4. The molecule has 0 radical (unpaired) electrons. The van der Waals surface area contributed by atoms with Gasteiger partial charge in [-0.05, 0) is 49.5 Å². The smallest absolute Gasteiger partial charge is 0.0150 e. The molecule has 0 heterocycles. The van der Waals surface area contributed by atoms with Gasteiger partial charge in [0.1, 0.15) is 0 Å². The highest BCUT2D eigenvalue weighted by atomic mass is 32.2. The molecule has 0 nitrogen and oxygen atoms in total. The Kier molecular flexibility index (Phi) is 4.69. The molecule has 1 aliphatic rings. The van der Waals surface area contributed by atoms with Crippen molar-refractivity contribution in [3.05, 3.63) is 65.6 Å². The van der Waals surface area contributed by atoms with Crippen LogP contribution in [0.3, 0.4) is 0 Å². The van der Waals surface area contributed by atoms with E-state index in [2.05, 4.69) is 49.1 Å². The Labute approximate surface area is 108 Å². The van der Waals surface area contributed by atoms with E-state index >= 15 is 0 Å². The quantitative estimate of drug-likeness (QED) is 0.506. The van der Waals surface area contributed by atoms with Crippen molar-refractivity contribution in [1.82, 2.24) is 0 Å². The number of benzene rings is 1. The van der Waals surface area contributed by atoms with Crippen LogP contribution in [0.4, 0.5) is 0 Å². The van der Waals surface area contributed by atoms with Crippen LogP contribution in [0, 0.1) is 0 Å². The second-order valence-electron chi connectivity index (χ2n) is 4.16. The summed E-state index contributed by atoms with van der Waals surface area (Å²) < 4.78 is 0. The molecular weight excluding hydrogens is 224 g/mol. The Balaban J connectivity index is 2.16. The van der Waals surface area contributed by atoms with E-state index in [1.165, 1.54) is 41.1 Å². The second kappa shape index (κ2) is 6.51. The first-order valence-electron chi connectivity index (χ1n) is 6.15. The summed E-state index contributed by atoms with van der Waals surface area (Å²) in [6.45, 7) is 3.82. The van der Waals surface area contributed by atoms with Crippen molar-refractivity contribution in [2.75, 3.05) is 0 Å². The molecule has 0 bridgehead atoms. The van der Waals surface area contributed by atoms with Crippen LogP contribution in [0.25, 0.3) is 0 Å². The number of hydrogen-bond donors (Lipinski definition) is 0. The lowest BCUT2D eigenvalue weighted by Crippen LogP contribution is -1.93. The van der Waals surface area contributed by atoms with E-state index in [1.807, 2.05) is 17.8 Å². The highest BCUT2D eigenvalue weighted by molar-refractivity contribution is 8.03. The molecule has 0 N–H and O–H groups in total. The first kappa shape index (κ1) is 12.3. The maximum Gasteiger partial charge on any atom is 0.0150 e. The molecule has 0 saturated carbocycles. The van der Waals surface area contributed by atoms with E-state index in [0.29, 0.717) is 0 Å². The molecule has 0 spiro atoms. The van der Waals surface area contributed by atoms with E-state index in [0.717, 1.165) is 0 Å². The van der Waals surface area contributed by atoms with Gasteiger partial charge >= 0.3 is 0 Å². The van der Waals surface area contributed by atoms with Gasteiger partial charge in [0.05, 0.1) is 0 Å². The first-order chi connectivity index (χ1) is 8.40. The summed E-state index contributed by atoms with van der Waals surface area (Å²) in [5, 5.41) is 0. The van der Waals surface area contributed by atoms with Crippen molar-refractivity contribution in [3.8, 4) is 0 Å². The van der Waals surface area contributed by atoms with Gasteiger partial charge in [0.2, 0.25) is 0 Å². The zero-order chi connectivity index (χ0) is 11.9. The van der Waals surface area contributed by atoms with Gasteiger partial charge in [-0.1, -0.05) is 48.7 Å². The third-order valence-corrected chi connectivity index (χ3v) is 3.97. The predicted molar refractivity (Wildman–Crippen MR) is 77.1 cm³/mol. The monoisotopic (exact) mass is 242 g/mol. The molecular formula is C16H18S. The van der Waals surface area contributed by atoms with E-state index in [-0.39, 0.29) is 0 Å². The molecule has 0 fully saturated rings. The molecule has 1 aromatic rings. The van der Waals surface area contributed by atoms with Crippen molar-refractivity contribution in [2.45, 2.75) is 30.6 Å². The zero-order valence-corrected chi connectivity index (χ0v) is 10.9. The van der Waals surface area contributed by atoms with Crippen molar-refractivity contribution >= 4 is 11.8 Å². The Bertz CT molecular complexity index is 426. The molecule has 88 valence electrons. The Morgan fingerprint density at radius 1 is 1.18 bits per heavy atom. The minimum absolute atomic E-state index is 1.21. The van der Waals surface area contributed by atoms with Crippen LogP contribution in [0.15, 0.2) is 70.5 Å². The molecule has 2 rings (SSSR count). The summed E-state index contributed by atoms with van der Waals surface area (Å²) >= 11 is 1.84. The largest absolute Gasteiger partial charge is 0.0990 e. The number of rotatable bonds is 4. The van der Waals surface area contributed by atoms with Crippen LogP contribution in [0.1, 0.15) is 25.7 Å². The molecule has 1 heteroatoms. The predicted octanol–water partition coefficient (Wildman–Crippen LogP) is 5.35. The van der Waals surface area contributed by atoms with Crippen molar-refractivity contribution < 1.29 is 0 Å². The number of thioether (sulfide) groups is 1. The lowest BCUT2D eigenvalue weighted by molar-refractivity contribution is 0.710. The molecule has 0 aromatic heterocycles. The van der Waals surface area contributed by atoms with Gasteiger partial charge in [0.15, 0.2) is 0 Å². The summed E-state index contributed by atoms with van der Waals surface area (Å²) in [4.78, 5) is 2.65. The second-order valence-corrected chi connectivity index (χ2v) is 5.27. The molecule has 0 unspecified atom stereocenters. The minimum atomic E-state index is 1.21. The van der Waals surface area contributed by atoms with Gasteiger partial charge in [0.25, 0.3) is 0 Å². The normalized spacial score (nSPS) is 16.5. The van der Waals surface area contributed by atoms with E-state index in [1.54, 1.807) is 0 Å². The topological polar surface area (TPSA) is 0 Å². The van der Waals surface area contributed by atoms with Crippen LogP contribution in [0.5, 0.6) is 0 Å². The standard InChI is InChI=1S/C16H18S/c1-2-9-16(14-10-5-3-6-11-14)17-15-12-7-4-8-13-15/h2,4,7-10,12-13H,1,3,5-6,11H2/b16-9-. The van der Waals surface area contributed by atoms with Gasteiger partial charge < -0.3 is 0 Å². The lowest BCUT2D eigenvalue weighted by atomic mass is 9.99. The minimum Gasteiger partial charge on any atom is -0.0990 e. The average Bonchev–Trinajstić information content (AvgIpc) is 2.40. The highest BCUT2D eigenvalue weighted by Gasteiger charge is 2.09. The van der Waals surface area contributed by atoms with E-state index in [9.17, 15) is 0 Å². The summed E-state index contributed by atoms with van der Waals surface area (Å²) in [6.07, 6.45) is 11.5. The average molecular weight is 242 g/mol. The van der Waals surface area contributed by atoms with Gasteiger partial charge in [-0.3, -0.25) is 0 Å². The summed E-state index contributed by atoms with van der Waals surface area (Å²) in [6, 6.07) is 10.5. The number of hydrogen-bond acceptors (Lipinski definition) is 1. The first-order valence-corrected chi connectivity index (χ1v) is 6.97. The summed E-state index contributed by atoms with van der Waals surface area (Å²) in [5.41, 5.74) is 1.49. The molecule has 0 atom stereocenters. The van der Waals surface area contributed by atoms with Crippen LogP contribution in [-0.4, -0.2) is 0 Å². The summed E-state index contributed by atoms with van der Waals surface area (Å²) in [5.74, 6) is 0. The van der Waals surface area contributed by atoms with E-state index < -0.39 is 0 Å². The van der Waals surface area contributed by atoms with Gasteiger partial charge in [-0.15, -0.1) is 0 Å². The Morgan fingerprint density at radius 3 is 2.65 bits per heavy atom. The fourth-order valence-corrected chi connectivity index (χ4v) is 3.02. The maximum absolute atomic E-state index is 3.82. The van der Waals surface area contributed by atoms with Gasteiger partial charge in [0, 0.05) is 9.80 Å². The Hall–Kier alpha value is -1.21. The van der Waals surface area contributed by atoms with Gasteiger partial charge in [-0.25, -0.2) is 0 Å². The van der Waals surface area contributed by atoms with Crippen molar-refractivity contribution in [1.29, 1.82) is 0 Å². The van der Waals surface area contributed by atoms with Crippen molar-refractivity contribution in [3.63, 3.8) is 0 Å². The zero-order valence-electron chi connectivity index (χ0n) is 10.1. The molecule has 1 aromatic carbocycles. The molecule has 17 heavy (non-hydrogen) atoms. The van der Waals surface area contributed by atoms with Crippen LogP contribution in [-0.2, 0) is 0 Å². The molecule has 0 aliphatic heterocycles. The lowest BCUT2D eigenvalue weighted by Gasteiger charge is -2.15. The third-order valence-electron chi connectivity index (χ3n) is 2.85. The van der Waals surface area contributed by atoms with Gasteiger partial charge in [-0.2, -0.15) is 0 Å².